The Labute approximate surface area is 101 Å². The van der Waals surface area contributed by atoms with E-state index in [-0.39, 0.29) is 12.5 Å². The monoisotopic (exact) mass is 232 g/mol. The van der Waals surface area contributed by atoms with Gasteiger partial charge >= 0.3 is 0 Å². The van der Waals surface area contributed by atoms with Gasteiger partial charge in [0.2, 0.25) is 0 Å². The highest BCUT2D eigenvalue weighted by molar-refractivity contribution is 5.95. The molecule has 1 aromatic rings. The summed E-state index contributed by atoms with van der Waals surface area (Å²) in [5.41, 5.74) is 6.73. The third-order valence-electron chi connectivity index (χ3n) is 2.23. The second-order valence-corrected chi connectivity index (χ2v) is 3.42. The van der Waals surface area contributed by atoms with Crippen molar-refractivity contribution in [1.29, 1.82) is 0 Å². The van der Waals surface area contributed by atoms with Gasteiger partial charge in [0.05, 0.1) is 12.2 Å². The van der Waals surface area contributed by atoms with Crippen molar-refractivity contribution in [2.75, 3.05) is 19.0 Å². The number of carbonyl (C=O) groups is 1. The van der Waals surface area contributed by atoms with E-state index in [9.17, 15) is 4.79 Å². The molecule has 0 saturated heterocycles. The molecule has 1 atom stereocenters. The van der Waals surface area contributed by atoms with Crippen LogP contribution in [0.15, 0.2) is 24.3 Å². The van der Waals surface area contributed by atoms with Crippen LogP contribution in [0.25, 0.3) is 0 Å². The average molecular weight is 232 g/mol. The quantitative estimate of drug-likeness (QED) is 0.763. The van der Waals surface area contributed by atoms with Gasteiger partial charge in [-0.1, -0.05) is 24.0 Å². The third-order valence-corrected chi connectivity index (χ3v) is 2.23. The minimum atomic E-state index is -0.495. The normalized spacial score (nSPS) is 11.2. The lowest BCUT2D eigenvalue weighted by Crippen LogP contribution is -2.26. The predicted molar refractivity (Wildman–Crippen MR) is 67.5 cm³/mol. The Morgan fingerprint density at radius 2 is 2.24 bits per heavy atom. The Bertz CT molecular complexity index is 446. The standard InChI is InChI=1S/C13H16N2O2/c1-10(17-2)13(16)15-12-8-4-3-6-11(12)7-5-9-14/h3-4,6,8,10H,9,14H2,1-2H3,(H,15,16). The summed E-state index contributed by atoms with van der Waals surface area (Å²) >= 11 is 0. The first kappa shape index (κ1) is 13.2. The van der Waals surface area contributed by atoms with Crippen LogP contribution >= 0.6 is 0 Å². The molecular formula is C13H16N2O2. The van der Waals surface area contributed by atoms with Crippen molar-refractivity contribution in [3.8, 4) is 11.8 Å². The fourth-order valence-electron chi connectivity index (χ4n) is 1.19. The van der Waals surface area contributed by atoms with E-state index in [1.165, 1.54) is 7.11 Å². The Morgan fingerprint density at radius 1 is 1.53 bits per heavy atom. The van der Waals surface area contributed by atoms with E-state index < -0.39 is 6.10 Å². The van der Waals surface area contributed by atoms with Gasteiger partial charge in [-0.25, -0.2) is 0 Å². The summed E-state index contributed by atoms with van der Waals surface area (Å²) < 4.78 is 4.94. The van der Waals surface area contributed by atoms with E-state index in [0.717, 1.165) is 5.56 Å². The summed E-state index contributed by atoms with van der Waals surface area (Å²) in [5, 5.41) is 2.76. The molecule has 0 heterocycles. The number of methoxy groups -OCH3 is 1. The first-order valence-corrected chi connectivity index (χ1v) is 5.30. The van der Waals surface area contributed by atoms with E-state index in [1.54, 1.807) is 13.0 Å². The smallest absolute Gasteiger partial charge is 0.253 e. The topological polar surface area (TPSA) is 64.3 Å². The largest absolute Gasteiger partial charge is 0.372 e. The first-order chi connectivity index (χ1) is 8.19. The van der Waals surface area contributed by atoms with Crippen LogP contribution in [0.4, 0.5) is 5.69 Å². The van der Waals surface area contributed by atoms with E-state index in [2.05, 4.69) is 17.2 Å². The third kappa shape index (κ3) is 3.91. The summed E-state index contributed by atoms with van der Waals surface area (Å²) in [4.78, 5) is 11.7. The second-order valence-electron chi connectivity index (χ2n) is 3.42. The Balaban J connectivity index is 2.87. The molecular weight excluding hydrogens is 216 g/mol. The number of nitrogens with two attached hydrogens (primary N) is 1. The molecule has 4 heteroatoms. The molecule has 0 aliphatic rings. The number of hydrogen-bond donors (Lipinski definition) is 2. The molecule has 90 valence electrons. The fourth-order valence-corrected chi connectivity index (χ4v) is 1.19. The van der Waals surface area contributed by atoms with Crippen LogP contribution in [0.2, 0.25) is 0 Å². The Hall–Kier alpha value is -1.83. The summed E-state index contributed by atoms with van der Waals surface area (Å²) in [6, 6.07) is 7.31. The number of carbonyl (C=O) groups excluding carboxylic acids is 1. The highest BCUT2D eigenvalue weighted by Gasteiger charge is 2.12. The molecule has 17 heavy (non-hydrogen) atoms. The summed E-state index contributed by atoms with van der Waals surface area (Å²) in [6.07, 6.45) is -0.495. The minimum Gasteiger partial charge on any atom is -0.372 e. The van der Waals surface area contributed by atoms with Gasteiger partial charge in [-0.3, -0.25) is 4.79 Å². The molecule has 0 aromatic heterocycles. The van der Waals surface area contributed by atoms with Gasteiger partial charge in [-0.15, -0.1) is 0 Å². The van der Waals surface area contributed by atoms with E-state index in [0.29, 0.717) is 5.69 Å². The average Bonchev–Trinajstić information content (AvgIpc) is 2.36. The maximum absolute atomic E-state index is 11.7. The van der Waals surface area contributed by atoms with Crippen molar-refractivity contribution >= 4 is 11.6 Å². The van der Waals surface area contributed by atoms with Gasteiger partial charge in [-0.05, 0) is 19.1 Å². The lowest BCUT2D eigenvalue weighted by molar-refractivity contribution is -0.124. The lowest BCUT2D eigenvalue weighted by atomic mass is 10.1. The molecule has 0 radical (unpaired) electrons. The van der Waals surface area contributed by atoms with Crippen molar-refractivity contribution < 1.29 is 9.53 Å². The molecule has 1 aromatic carbocycles. The number of anilines is 1. The van der Waals surface area contributed by atoms with E-state index >= 15 is 0 Å². The van der Waals surface area contributed by atoms with Crippen molar-refractivity contribution in [3.05, 3.63) is 29.8 Å². The Kier molecular flexibility index (Phi) is 5.21. The van der Waals surface area contributed by atoms with Crippen LogP contribution in [0.3, 0.4) is 0 Å². The van der Waals surface area contributed by atoms with Crippen molar-refractivity contribution in [2.45, 2.75) is 13.0 Å². The van der Waals surface area contributed by atoms with Crippen molar-refractivity contribution in [1.82, 2.24) is 0 Å². The highest BCUT2D eigenvalue weighted by Crippen LogP contribution is 2.14. The van der Waals surface area contributed by atoms with Crippen molar-refractivity contribution in [2.24, 2.45) is 5.73 Å². The van der Waals surface area contributed by atoms with E-state index in [1.807, 2.05) is 18.2 Å². The number of ether oxygens (including phenoxy) is 1. The number of amides is 1. The molecule has 0 bridgehead atoms. The van der Waals surface area contributed by atoms with Crippen LogP contribution < -0.4 is 11.1 Å². The number of para-hydroxylation sites is 1. The predicted octanol–water partition coefficient (Wildman–Crippen LogP) is 0.970. The van der Waals surface area contributed by atoms with Crippen LogP contribution in [-0.2, 0) is 9.53 Å². The number of hydrogen-bond acceptors (Lipinski definition) is 3. The minimum absolute atomic E-state index is 0.200. The molecule has 0 aliphatic heterocycles. The summed E-state index contributed by atoms with van der Waals surface area (Å²) in [6.45, 7) is 1.97. The van der Waals surface area contributed by atoms with Crippen LogP contribution in [0, 0.1) is 11.8 Å². The number of rotatable bonds is 3. The van der Waals surface area contributed by atoms with Gasteiger partial charge in [0.25, 0.3) is 5.91 Å². The Morgan fingerprint density at radius 3 is 2.88 bits per heavy atom. The molecule has 1 rings (SSSR count). The highest BCUT2D eigenvalue weighted by atomic mass is 16.5. The summed E-state index contributed by atoms with van der Waals surface area (Å²) in [7, 11) is 1.49. The zero-order chi connectivity index (χ0) is 12.7. The molecule has 3 N–H and O–H groups in total. The van der Waals surface area contributed by atoms with Gasteiger partial charge < -0.3 is 15.8 Å². The number of benzene rings is 1. The van der Waals surface area contributed by atoms with Gasteiger partial charge in [0.1, 0.15) is 6.10 Å². The van der Waals surface area contributed by atoms with Gasteiger partial charge in [0, 0.05) is 12.7 Å². The first-order valence-electron chi connectivity index (χ1n) is 5.30. The zero-order valence-corrected chi connectivity index (χ0v) is 9.99. The molecule has 0 spiro atoms. The SMILES string of the molecule is COC(C)C(=O)Nc1ccccc1C#CCN. The maximum Gasteiger partial charge on any atom is 0.253 e. The van der Waals surface area contributed by atoms with Gasteiger partial charge in [-0.2, -0.15) is 0 Å². The fraction of sp³-hybridized carbons (Fsp3) is 0.308. The van der Waals surface area contributed by atoms with Gasteiger partial charge in [0.15, 0.2) is 0 Å². The lowest BCUT2D eigenvalue weighted by Gasteiger charge is -2.11. The second kappa shape index (κ2) is 6.69. The summed E-state index contributed by atoms with van der Waals surface area (Å²) in [5.74, 6) is 5.46. The number of nitrogens with one attached hydrogen (secondary N) is 1. The zero-order valence-electron chi connectivity index (χ0n) is 9.99. The van der Waals surface area contributed by atoms with Crippen molar-refractivity contribution in [3.63, 3.8) is 0 Å². The molecule has 4 nitrogen and oxygen atoms in total. The van der Waals surface area contributed by atoms with Crippen LogP contribution in [-0.4, -0.2) is 25.7 Å². The molecule has 1 unspecified atom stereocenters. The van der Waals surface area contributed by atoms with Crippen LogP contribution in [0.1, 0.15) is 12.5 Å². The molecule has 0 aliphatic carbocycles. The molecule has 0 saturated carbocycles. The molecule has 0 fully saturated rings. The molecule has 1 amide bonds. The maximum atomic E-state index is 11.7. The van der Waals surface area contributed by atoms with E-state index in [4.69, 9.17) is 10.5 Å². The van der Waals surface area contributed by atoms with Crippen LogP contribution in [0.5, 0.6) is 0 Å².